The first-order valence-corrected chi connectivity index (χ1v) is 8.54. The molecule has 6 heteroatoms. The van der Waals surface area contributed by atoms with E-state index in [1.807, 2.05) is 0 Å². The average molecular weight is 339 g/mol. The lowest BCUT2D eigenvalue weighted by molar-refractivity contribution is -0.183. The summed E-state index contributed by atoms with van der Waals surface area (Å²) in [5.74, 6) is -2.18. The molecule has 0 radical (unpaired) electrons. The molecular weight excluding hydrogens is 307 g/mol. The first-order valence-electron chi connectivity index (χ1n) is 8.54. The van der Waals surface area contributed by atoms with Gasteiger partial charge in [0, 0.05) is 0 Å². The Morgan fingerprint density at radius 1 is 1.00 bits per heavy atom. The van der Waals surface area contributed by atoms with Crippen LogP contribution in [0.5, 0.6) is 0 Å². The van der Waals surface area contributed by atoms with Crippen molar-refractivity contribution in [3.8, 4) is 0 Å². The van der Waals surface area contributed by atoms with E-state index in [0.29, 0.717) is 6.42 Å². The Morgan fingerprint density at radius 3 is 1.91 bits per heavy atom. The normalized spacial score (nSPS) is 15.3. The molecule has 0 heterocycles. The van der Waals surface area contributed by atoms with Crippen LogP contribution in [0.1, 0.15) is 79.1 Å². The van der Waals surface area contributed by atoms with E-state index in [4.69, 9.17) is 10.5 Å². The fraction of sp³-hybridized carbons (Fsp3) is 0.941. The van der Waals surface area contributed by atoms with Crippen LogP contribution in [0.3, 0.4) is 0 Å². The second-order valence-electron chi connectivity index (χ2n) is 7.12. The summed E-state index contributed by atoms with van der Waals surface area (Å²) in [7, 11) is 0. The van der Waals surface area contributed by atoms with Gasteiger partial charge in [-0.1, -0.05) is 51.9 Å². The standard InChI is InChI=1S/C17H32F3NO2/c1-5-6-7-8-9-10-11-12-13(14(21)17(18,19)20)15(22)23-16(2,3)4/h13-14H,5-12,21H2,1-4H3/t13-,14-/m1/s1. The number of rotatable bonds is 10. The topological polar surface area (TPSA) is 52.3 Å². The molecule has 0 amide bonds. The average Bonchev–Trinajstić information content (AvgIpc) is 2.38. The van der Waals surface area contributed by atoms with Crippen LogP contribution in [0.2, 0.25) is 0 Å². The quantitative estimate of drug-likeness (QED) is 0.451. The van der Waals surface area contributed by atoms with Crippen molar-refractivity contribution in [3.05, 3.63) is 0 Å². The highest BCUT2D eigenvalue weighted by atomic mass is 19.4. The van der Waals surface area contributed by atoms with Crippen LogP contribution in [-0.4, -0.2) is 23.8 Å². The van der Waals surface area contributed by atoms with Crippen molar-refractivity contribution in [2.24, 2.45) is 11.7 Å². The maximum atomic E-state index is 12.9. The number of nitrogens with two attached hydrogens (primary N) is 1. The third kappa shape index (κ3) is 10.6. The van der Waals surface area contributed by atoms with Gasteiger partial charge in [-0.3, -0.25) is 4.79 Å². The van der Waals surface area contributed by atoms with Crippen molar-refractivity contribution < 1.29 is 22.7 Å². The molecule has 0 spiro atoms. The van der Waals surface area contributed by atoms with Crippen molar-refractivity contribution in [2.75, 3.05) is 0 Å². The van der Waals surface area contributed by atoms with E-state index < -0.39 is 29.7 Å². The van der Waals surface area contributed by atoms with E-state index >= 15 is 0 Å². The Kier molecular flexibility index (Phi) is 9.82. The molecule has 0 aliphatic rings. The fourth-order valence-corrected chi connectivity index (χ4v) is 2.37. The summed E-state index contributed by atoms with van der Waals surface area (Å²) >= 11 is 0. The van der Waals surface area contributed by atoms with Crippen LogP contribution in [0.4, 0.5) is 13.2 Å². The van der Waals surface area contributed by atoms with Crippen molar-refractivity contribution >= 4 is 5.97 Å². The summed E-state index contributed by atoms with van der Waals surface area (Å²) in [6, 6.07) is -2.17. The maximum Gasteiger partial charge on any atom is 0.404 e. The van der Waals surface area contributed by atoms with E-state index in [9.17, 15) is 18.0 Å². The van der Waals surface area contributed by atoms with Crippen LogP contribution in [0, 0.1) is 5.92 Å². The molecule has 0 aromatic rings. The van der Waals surface area contributed by atoms with Gasteiger partial charge in [0.2, 0.25) is 0 Å². The molecular formula is C17H32F3NO2. The van der Waals surface area contributed by atoms with Gasteiger partial charge in [-0.15, -0.1) is 0 Å². The third-order valence-corrected chi connectivity index (χ3v) is 3.64. The molecule has 0 aromatic heterocycles. The Labute approximate surface area is 138 Å². The van der Waals surface area contributed by atoms with Crippen LogP contribution in [0.25, 0.3) is 0 Å². The fourth-order valence-electron chi connectivity index (χ4n) is 2.37. The van der Waals surface area contributed by atoms with Crippen molar-refractivity contribution in [3.63, 3.8) is 0 Å². The van der Waals surface area contributed by atoms with Crippen molar-refractivity contribution in [2.45, 2.75) is 96.9 Å². The molecule has 0 aliphatic carbocycles. The minimum Gasteiger partial charge on any atom is -0.460 e. The highest BCUT2D eigenvalue weighted by Crippen LogP contribution is 2.29. The first-order chi connectivity index (χ1) is 10.5. The van der Waals surface area contributed by atoms with Crippen LogP contribution >= 0.6 is 0 Å². The summed E-state index contributed by atoms with van der Waals surface area (Å²) in [5, 5.41) is 0. The van der Waals surface area contributed by atoms with Gasteiger partial charge in [0.25, 0.3) is 0 Å². The molecule has 0 saturated heterocycles. The summed E-state index contributed by atoms with van der Waals surface area (Å²) in [4.78, 5) is 12.0. The highest BCUT2D eigenvalue weighted by molar-refractivity contribution is 5.73. The molecule has 0 saturated carbocycles. The molecule has 0 unspecified atom stereocenters. The number of hydrogen-bond acceptors (Lipinski definition) is 3. The zero-order valence-corrected chi connectivity index (χ0v) is 14.8. The number of carbonyl (C=O) groups excluding carboxylic acids is 1. The molecule has 0 fully saturated rings. The molecule has 0 aliphatic heterocycles. The van der Waals surface area contributed by atoms with Crippen molar-refractivity contribution in [1.82, 2.24) is 0 Å². The molecule has 0 aromatic carbocycles. The minimum absolute atomic E-state index is 0.114. The van der Waals surface area contributed by atoms with Crippen LogP contribution < -0.4 is 5.73 Å². The zero-order chi connectivity index (χ0) is 18.1. The third-order valence-electron chi connectivity index (χ3n) is 3.64. The largest absolute Gasteiger partial charge is 0.460 e. The smallest absolute Gasteiger partial charge is 0.404 e. The maximum absolute atomic E-state index is 12.9. The molecule has 2 atom stereocenters. The van der Waals surface area contributed by atoms with Crippen LogP contribution in [0.15, 0.2) is 0 Å². The van der Waals surface area contributed by atoms with Gasteiger partial charge >= 0.3 is 12.1 Å². The molecule has 138 valence electrons. The summed E-state index contributed by atoms with van der Waals surface area (Å²) in [6.07, 6.45) is 2.42. The number of carbonyl (C=O) groups is 1. The molecule has 23 heavy (non-hydrogen) atoms. The number of halogens is 3. The first kappa shape index (κ1) is 22.2. The monoisotopic (exact) mass is 339 g/mol. The highest BCUT2D eigenvalue weighted by Gasteiger charge is 2.45. The number of hydrogen-bond donors (Lipinski definition) is 1. The van der Waals surface area contributed by atoms with E-state index in [1.54, 1.807) is 20.8 Å². The predicted molar refractivity (Wildman–Crippen MR) is 86.0 cm³/mol. The summed E-state index contributed by atoms with van der Waals surface area (Å²) < 4.78 is 43.7. The number of ether oxygens (including phenoxy) is 1. The van der Waals surface area contributed by atoms with Gasteiger partial charge < -0.3 is 10.5 Å². The molecule has 2 N–H and O–H groups in total. The number of unbranched alkanes of at least 4 members (excludes halogenated alkanes) is 6. The van der Waals surface area contributed by atoms with Crippen molar-refractivity contribution in [1.29, 1.82) is 0 Å². The van der Waals surface area contributed by atoms with Gasteiger partial charge in [0.05, 0.1) is 5.92 Å². The van der Waals surface area contributed by atoms with E-state index in [0.717, 1.165) is 32.1 Å². The molecule has 0 rings (SSSR count). The molecule has 0 bridgehead atoms. The lowest BCUT2D eigenvalue weighted by Gasteiger charge is -2.28. The second-order valence-corrected chi connectivity index (χ2v) is 7.12. The van der Waals surface area contributed by atoms with Gasteiger partial charge in [-0.05, 0) is 27.2 Å². The second kappa shape index (κ2) is 10.2. The number of esters is 1. The predicted octanol–water partition coefficient (Wildman–Crippen LogP) is 4.97. The Morgan fingerprint density at radius 2 is 1.48 bits per heavy atom. The minimum atomic E-state index is -4.59. The summed E-state index contributed by atoms with van der Waals surface area (Å²) in [6.45, 7) is 7.03. The van der Waals surface area contributed by atoms with Crippen LogP contribution in [-0.2, 0) is 9.53 Å². The van der Waals surface area contributed by atoms with Gasteiger partial charge in [0.1, 0.15) is 11.6 Å². The zero-order valence-electron chi connectivity index (χ0n) is 14.8. The lowest BCUT2D eigenvalue weighted by atomic mass is 9.92. The SMILES string of the molecule is CCCCCCCCC[C@@H](C(=O)OC(C)(C)C)[C@@H](N)C(F)(F)F. The lowest BCUT2D eigenvalue weighted by Crippen LogP contribution is -2.48. The van der Waals surface area contributed by atoms with Gasteiger partial charge in [-0.2, -0.15) is 13.2 Å². The Bertz CT molecular complexity index is 338. The van der Waals surface area contributed by atoms with Gasteiger partial charge in [-0.25, -0.2) is 0 Å². The molecule has 3 nitrogen and oxygen atoms in total. The Balaban J connectivity index is 4.48. The summed E-state index contributed by atoms with van der Waals surface area (Å²) in [5.41, 5.74) is 4.45. The van der Waals surface area contributed by atoms with Gasteiger partial charge in [0.15, 0.2) is 0 Å². The van der Waals surface area contributed by atoms with E-state index in [2.05, 4.69) is 6.92 Å². The Hall–Kier alpha value is -0.780. The number of alkyl halides is 3. The van der Waals surface area contributed by atoms with E-state index in [-0.39, 0.29) is 6.42 Å². The van der Waals surface area contributed by atoms with E-state index in [1.165, 1.54) is 6.42 Å².